The van der Waals surface area contributed by atoms with Gasteiger partial charge in [-0.05, 0) is 49.1 Å². The molecule has 1 aliphatic heterocycles. The number of nitrogens with one attached hydrogen (secondary N) is 1. The maximum Gasteiger partial charge on any atom is 0.225 e. The Kier molecular flexibility index (Phi) is 4.99. The summed E-state index contributed by atoms with van der Waals surface area (Å²) in [6.45, 7) is 7.27. The summed E-state index contributed by atoms with van der Waals surface area (Å²) in [6, 6.07) is 9.88. The van der Waals surface area contributed by atoms with Crippen LogP contribution in [-0.2, 0) is 11.2 Å². The Morgan fingerprint density at radius 1 is 1.11 bits per heavy atom. The van der Waals surface area contributed by atoms with Crippen molar-refractivity contribution in [3.8, 4) is 11.5 Å². The number of rotatable bonds is 5. The van der Waals surface area contributed by atoms with E-state index in [9.17, 15) is 4.79 Å². The summed E-state index contributed by atoms with van der Waals surface area (Å²) in [6.07, 6.45) is 2.77. The van der Waals surface area contributed by atoms with Gasteiger partial charge in [-0.3, -0.25) is 4.79 Å². The Balaban J connectivity index is 1.50. The molecule has 5 heteroatoms. The topological polar surface area (TPSA) is 60.7 Å². The normalized spacial score (nSPS) is 14.1. The van der Waals surface area contributed by atoms with Crippen LogP contribution in [0.2, 0.25) is 0 Å². The van der Waals surface area contributed by atoms with E-state index >= 15 is 0 Å². The lowest BCUT2D eigenvalue weighted by molar-refractivity contribution is -0.121. The van der Waals surface area contributed by atoms with Crippen LogP contribution in [0.5, 0.6) is 11.5 Å². The molecule has 1 atom stereocenters. The van der Waals surface area contributed by atoms with Crippen molar-refractivity contribution in [2.75, 3.05) is 13.2 Å². The highest BCUT2D eigenvalue weighted by molar-refractivity contribution is 5.89. The van der Waals surface area contributed by atoms with Gasteiger partial charge in [0.15, 0.2) is 11.5 Å². The molecule has 1 amide bonds. The first-order chi connectivity index (χ1) is 13.6. The number of hydrogen-bond acceptors (Lipinski definition) is 4. The first kappa shape index (κ1) is 18.4. The van der Waals surface area contributed by atoms with Crippen molar-refractivity contribution in [3.63, 3.8) is 0 Å². The Morgan fingerprint density at radius 2 is 1.89 bits per heavy atom. The lowest BCUT2D eigenvalue weighted by Crippen LogP contribution is -2.29. The molecule has 0 radical (unpaired) electrons. The number of amides is 1. The summed E-state index contributed by atoms with van der Waals surface area (Å²) < 4.78 is 17.0. The van der Waals surface area contributed by atoms with Gasteiger partial charge in [0.25, 0.3) is 0 Å². The minimum absolute atomic E-state index is 0.0253. The molecule has 0 aliphatic carbocycles. The standard InChI is InChI=1S/C23H25NO4/c1-4-19(16-6-8-20-21(11-16)27-10-9-26-20)24-22(25)12-17-13-28-23-15(3)14(2)5-7-18(17)23/h5-8,11,13,19H,4,9-10,12H2,1-3H3,(H,24,25). The lowest BCUT2D eigenvalue weighted by Gasteiger charge is -2.22. The Bertz CT molecular complexity index is 1020. The zero-order chi connectivity index (χ0) is 19.7. The fraction of sp³-hybridized carbons (Fsp3) is 0.348. The van der Waals surface area contributed by atoms with Crippen molar-refractivity contribution in [1.29, 1.82) is 0 Å². The number of furan rings is 1. The zero-order valence-electron chi connectivity index (χ0n) is 16.5. The van der Waals surface area contributed by atoms with Gasteiger partial charge in [0, 0.05) is 10.9 Å². The summed E-state index contributed by atoms with van der Waals surface area (Å²) >= 11 is 0. The van der Waals surface area contributed by atoms with Crippen molar-refractivity contribution in [1.82, 2.24) is 5.32 Å². The van der Waals surface area contributed by atoms with E-state index in [1.807, 2.05) is 31.2 Å². The average molecular weight is 379 g/mol. The van der Waals surface area contributed by atoms with Crippen LogP contribution in [0.1, 0.15) is 41.6 Å². The molecule has 5 nitrogen and oxygen atoms in total. The van der Waals surface area contributed by atoms with Crippen molar-refractivity contribution >= 4 is 16.9 Å². The van der Waals surface area contributed by atoms with Gasteiger partial charge in [0.1, 0.15) is 18.8 Å². The van der Waals surface area contributed by atoms with Crippen molar-refractivity contribution in [3.05, 3.63) is 58.8 Å². The minimum Gasteiger partial charge on any atom is -0.486 e. The van der Waals surface area contributed by atoms with E-state index in [2.05, 4.69) is 25.2 Å². The summed E-state index contributed by atoms with van der Waals surface area (Å²) in [7, 11) is 0. The van der Waals surface area contributed by atoms with Gasteiger partial charge >= 0.3 is 0 Å². The van der Waals surface area contributed by atoms with Gasteiger partial charge in [-0.1, -0.05) is 25.1 Å². The number of aryl methyl sites for hydroxylation is 2. The molecule has 146 valence electrons. The number of carbonyl (C=O) groups is 1. The van der Waals surface area contributed by atoms with Gasteiger partial charge in [0.2, 0.25) is 5.91 Å². The third kappa shape index (κ3) is 3.44. The molecule has 1 aromatic heterocycles. The van der Waals surface area contributed by atoms with E-state index in [4.69, 9.17) is 13.9 Å². The van der Waals surface area contributed by atoms with E-state index in [0.29, 0.717) is 13.2 Å². The van der Waals surface area contributed by atoms with Crippen molar-refractivity contribution < 1.29 is 18.7 Å². The van der Waals surface area contributed by atoms with Gasteiger partial charge in [-0.15, -0.1) is 0 Å². The zero-order valence-corrected chi connectivity index (χ0v) is 16.5. The summed E-state index contributed by atoms with van der Waals surface area (Å²) in [4.78, 5) is 12.7. The number of fused-ring (bicyclic) bond motifs is 2. The molecule has 3 aromatic rings. The molecular weight excluding hydrogens is 354 g/mol. The van der Waals surface area contributed by atoms with E-state index in [-0.39, 0.29) is 18.4 Å². The van der Waals surface area contributed by atoms with E-state index in [0.717, 1.165) is 45.6 Å². The molecule has 0 saturated heterocycles. The van der Waals surface area contributed by atoms with E-state index in [1.165, 1.54) is 5.56 Å². The van der Waals surface area contributed by atoms with Crippen LogP contribution in [0.3, 0.4) is 0 Å². The summed E-state index contributed by atoms with van der Waals surface area (Å²) in [5.41, 5.74) is 5.09. The van der Waals surface area contributed by atoms with Crippen molar-refractivity contribution in [2.45, 2.75) is 39.7 Å². The largest absolute Gasteiger partial charge is 0.486 e. The highest BCUT2D eigenvalue weighted by atomic mass is 16.6. The molecule has 4 rings (SSSR count). The minimum atomic E-state index is -0.0783. The van der Waals surface area contributed by atoms with E-state index in [1.54, 1.807) is 6.26 Å². The SMILES string of the molecule is CCC(NC(=O)Cc1coc2c(C)c(C)ccc12)c1ccc2c(c1)OCCO2. The molecule has 1 unspecified atom stereocenters. The predicted molar refractivity (Wildman–Crippen MR) is 108 cm³/mol. The van der Waals surface area contributed by atoms with Crippen LogP contribution < -0.4 is 14.8 Å². The first-order valence-electron chi connectivity index (χ1n) is 9.72. The molecule has 0 spiro atoms. The Morgan fingerprint density at radius 3 is 2.68 bits per heavy atom. The fourth-order valence-electron chi connectivity index (χ4n) is 3.64. The maximum atomic E-state index is 12.7. The molecule has 0 saturated carbocycles. The molecule has 0 fully saturated rings. The fourth-order valence-corrected chi connectivity index (χ4v) is 3.64. The molecule has 2 aromatic carbocycles. The quantitative estimate of drug-likeness (QED) is 0.702. The number of carbonyl (C=O) groups excluding carboxylic acids is 1. The van der Waals surface area contributed by atoms with Gasteiger partial charge in [0.05, 0.1) is 18.7 Å². The smallest absolute Gasteiger partial charge is 0.225 e. The highest BCUT2D eigenvalue weighted by Gasteiger charge is 2.19. The van der Waals surface area contributed by atoms with Crippen LogP contribution in [0.25, 0.3) is 11.0 Å². The third-order valence-electron chi connectivity index (χ3n) is 5.40. The molecule has 1 N–H and O–H groups in total. The number of ether oxygens (including phenoxy) is 2. The van der Waals surface area contributed by atoms with Gasteiger partial charge < -0.3 is 19.2 Å². The average Bonchev–Trinajstić information content (AvgIpc) is 3.11. The highest BCUT2D eigenvalue weighted by Crippen LogP contribution is 2.33. The molecule has 0 bridgehead atoms. The maximum absolute atomic E-state index is 12.7. The lowest BCUT2D eigenvalue weighted by atomic mass is 10.0. The third-order valence-corrected chi connectivity index (χ3v) is 5.40. The predicted octanol–water partition coefficient (Wildman–Crippen LogP) is 4.63. The molecule has 2 heterocycles. The first-order valence-corrected chi connectivity index (χ1v) is 9.72. The second-order valence-electron chi connectivity index (χ2n) is 7.25. The van der Waals surface area contributed by atoms with E-state index < -0.39 is 0 Å². The monoisotopic (exact) mass is 379 g/mol. The second kappa shape index (κ2) is 7.58. The second-order valence-corrected chi connectivity index (χ2v) is 7.25. The summed E-state index contributed by atoms with van der Waals surface area (Å²) in [5.74, 6) is 1.47. The van der Waals surface area contributed by atoms with Crippen molar-refractivity contribution in [2.24, 2.45) is 0 Å². The van der Waals surface area contributed by atoms with Crippen LogP contribution in [0.4, 0.5) is 0 Å². The molecule has 28 heavy (non-hydrogen) atoms. The van der Waals surface area contributed by atoms with Crippen LogP contribution >= 0.6 is 0 Å². The van der Waals surface area contributed by atoms with Crippen LogP contribution in [-0.4, -0.2) is 19.1 Å². The Labute approximate surface area is 164 Å². The van der Waals surface area contributed by atoms with Crippen LogP contribution in [0, 0.1) is 13.8 Å². The number of benzene rings is 2. The summed E-state index contributed by atoms with van der Waals surface area (Å²) in [5, 5.41) is 4.15. The molecular formula is C23H25NO4. The van der Waals surface area contributed by atoms with Gasteiger partial charge in [-0.25, -0.2) is 0 Å². The Hall–Kier alpha value is -2.95. The van der Waals surface area contributed by atoms with Gasteiger partial charge in [-0.2, -0.15) is 0 Å². The number of hydrogen-bond donors (Lipinski definition) is 1. The molecule has 1 aliphatic rings. The van der Waals surface area contributed by atoms with Crippen LogP contribution in [0.15, 0.2) is 41.0 Å².